The predicted molar refractivity (Wildman–Crippen MR) is 101 cm³/mol. The van der Waals surface area contributed by atoms with Gasteiger partial charge in [0.1, 0.15) is 12.4 Å². The normalized spacial score (nSPS) is 12.7. The monoisotopic (exact) mass is 359 g/mol. The number of amides is 1. The highest BCUT2D eigenvalue weighted by Crippen LogP contribution is 2.31. The van der Waals surface area contributed by atoms with Crippen molar-refractivity contribution >= 4 is 17.6 Å². The first-order valence-electron chi connectivity index (χ1n) is 8.57. The van der Waals surface area contributed by atoms with E-state index in [9.17, 15) is 14.7 Å². The fourth-order valence-electron chi connectivity index (χ4n) is 3.21. The summed E-state index contributed by atoms with van der Waals surface area (Å²) in [5, 5.41) is 9.33. The highest BCUT2D eigenvalue weighted by molar-refractivity contribution is 6.15. The second-order valence-corrected chi connectivity index (χ2v) is 6.30. The molecule has 0 radical (unpaired) electrons. The highest BCUT2D eigenvalue weighted by Gasteiger charge is 2.32. The molecule has 0 fully saturated rings. The highest BCUT2D eigenvalue weighted by atomic mass is 16.5. The zero-order valence-electron chi connectivity index (χ0n) is 14.5. The van der Waals surface area contributed by atoms with E-state index in [0.29, 0.717) is 24.6 Å². The molecule has 1 aliphatic heterocycles. The Balaban J connectivity index is 1.51. The zero-order valence-corrected chi connectivity index (χ0v) is 14.5. The molecular weight excluding hydrogens is 342 g/mol. The first kappa shape index (κ1) is 16.8. The van der Waals surface area contributed by atoms with Crippen molar-refractivity contribution in [2.45, 2.75) is 13.2 Å². The van der Waals surface area contributed by atoms with Crippen LogP contribution in [-0.2, 0) is 13.2 Å². The van der Waals surface area contributed by atoms with E-state index in [1.165, 1.54) is 6.07 Å². The molecule has 0 aromatic heterocycles. The zero-order chi connectivity index (χ0) is 18.8. The van der Waals surface area contributed by atoms with E-state index < -0.39 is 5.97 Å². The maximum Gasteiger partial charge on any atom is 0.336 e. The standard InChI is InChI=1S/C22H17NO4/c24-21-20-16(7-4-8-19(20)22(25)26)13-23(21)17-9-11-18(12-10-17)27-14-15-5-2-1-3-6-15/h1-12H,13-14H2,(H,25,26). The van der Waals surface area contributed by atoms with Crippen molar-refractivity contribution in [3.63, 3.8) is 0 Å². The third-order valence-electron chi connectivity index (χ3n) is 4.57. The number of hydrogen-bond donors (Lipinski definition) is 1. The molecule has 5 heteroatoms. The summed E-state index contributed by atoms with van der Waals surface area (Å²) >= 11 is 0. The minimum atomic E-state index is -1.09. The number of ether oxygens (including phenoxy) is 1. The minimum absolute atomic E-state index is 0.0443. The van der Waals surface area contributed by atoms with Gasteiger partial charge in [0.15, 0.2) is 0 Å². The Kier molecular flexibility index (Phi) is 4.34. The third kappa shape index (κ3) is 3.27. The average Bonchev–Trinajstić information content (AvgIpc) is 3.04. The maximum atomic E-state index is 12.7. The maximum absolute atomic E-state index is 12.7. The van der Waals surface area contributed by atoms with Gasteiger partial charge >= 0.3 is 5.97 Å². The molecule has 0 bridgehead atoms. The topological polar surface area (TPSA) is 66.8 Å². The lowest BCUT2D eigenvalue weighted by atomic mass is 10.0. The van der Waals surface area contributed by atoms with Crippen LogP contribution in [0.3, 0.4) is 0 Å². The minimum Gasteiger partial charge on any atom is -0.489 e. The number of carboxylic acid groups (broad SMARTS) is 1. The number of nitrogens with zero attached hydrogens (tertiary/aromatic N) is 1. The number of carbonyl (C=O) groups is 2. The quantitative estimate of drug-likeness (QED) is 0.744. The van der Waals surface area contributed by atoms with Crippen LogP contribution in [0.4, 0.5) is 5.69 Å². The van der Waals surface area contributed by atoms with Crippen molar-refractivity contribution in [2.75, 3.05) is 4.90 Å². The number of rotatable bonds is 5. The summed E-state index contributed by atoms with van der Waals surface area (Å²) in [4.78, 5) is 25.7. The second kappa shape index (κ2) is 6.96. The Morgan fingerprint density at radius 3 is 2.41 bits per heavy atom. The number of hydrogen-bond acceptors (Lipinski definition) is 3. The molecule has 134 valence electrons. The molecular formula is C22H17NO4. The number of aromatic carboxylic acids is 1. The second-order valence-electron chi connectivity index (χ2n) is 6.30. The van der Waals surface area contributed by atoms with Gasteiger partial charge in [-0.1, -0.05) is 42.5 Å². The van der Waals surface area contributed by atoms with Crippen LogP contribution in [0.5, 0.6) is 5.75 Å². The molecule has 3 aromatic carbocycles. The molecule has 1 N–H and O–H groups in total. The van der Waals surface area contributed by atoms with Gasteiger partial charge in [-0.2, -0.15) is 0 Å². The molecule has 5 nitrogen and oxygen atoms in total. The summed E-state index contributed by atoms with van der Waals surface area (Å²) in [6.07, 6.45) is 0. The lowest BCUT2D eigenvalue weighted by molar-refractivity contribution is 0.0692. The van der Waals surface area contributed by atoms with Gasteiger partial charge in [0, 0.05) is 5.69 Å². The van der Waals surface area contributed by atoms with Crippen molar-refractivity contribution in [3.8, 4) is 5.75 Å². The molecule has 1 heterocycles. The van der Waals surface area contributed by atoms with Gasteiger partial charge in [0.2, 0.25) is 0 Å². The molecule has 0 saturated heterocycles. The van der Waals surface area contributed by atoms with Crippen LogP contribution in [-0.4, -0.2) is 17.0 Å². The van der Waals surface area contributed by atoms with Crippen LogP contribution >= 0.6 is 0 Å². The van der Waals surface area contributed by atoms with E-state index in [-0.39, 0.29) is 17.0 Å². The van der Waals surface area contributed by atoms with Crippen LogP contribution in [0, 0.1) is 0 Å². The van der Waals surface area contributed by atoms with Crippen molar-refractivity contribution in [1.82, 2.24) is 0 Å². The van der Waals surface area contributed by atoms with Gasteiger partial charge in [-0.05, 0) is 41.5 Å². The predicted octanol–water partition coefficient (Wildman–Crippen LogP) is 4.12. The van der Waals surface area contributed by atoms with Crippen LogP contribution in [0.2, 0.25) is 0 Å². The lowest BCUT2D eigenvalue weighted by Crippen LogP contribution is -2.23. The fraction of sp³-hybridized carbons (Fsp3) is 0.0909. The van der Waals surface area contributed by atoms with Crippen LogP contribution < -0.4 is 9.64 Å². The molecule has 0 atom stereocenters. The summed E-state index contributed by atoms with van der Waals surface area (Å²) in [7, 11) is 0. The van der Waals surface area contributed by atoms with Crippen LogP contribution in [0.15, 0.2) is 72.8 Å². The van der Waals surface area contributed by atoms with Crippen molar-refractivity contribution in [2.24, 2.45) is 0 Å². The Morgan fingerprint density at radius 2 is 1.70 bits per heavy atom. The van der Waals surface area contributed by atoms with Gasteiger partial charge in [-0.15, -0.1) is 0 Å². The van der Waals surface area contributed by atoms with Gasteiger partial charge < -0.3 is 14.7 Å². The molecule has 0 spiro atoms. The van der Waals surface area contributed by atoms with E-state index in [4.69, 9.17) is 4.74 Å². The van der Waals surface area contributed by atoms with E-state index in [1.807, 2.05) is 54.6 Å². The summed E-state index contributed by atoms with van der Waals surface area (Å²) in [5.41, 5.74) is 2.83. The summed E-state index contributed by atoms with van der Waals surface area (Å²) in [6, 6.07) is 22.0. The average molecular weight is 359 g/mol. The van der Waals surface area contributed by atoms with Crippen molar-refractivity contribution in [3.05, 3.63) is 95.1 Å². The number of fused-ring (bicyclic) bond motifs is 1. The molecule has 3 aromatic rings. The molecule has 0 aliphatic carbocycles. The number of anilines is 1. The number of benzene rings is 3. The van der Waals surface area contributed by atoms with E-state index >= 15 is 0 Å². The Bertz CT molecular complexity index is 997. The number of carboxylic acids is 1. The van der Waals surface area contributed by atoms with Crippen molar-refractivity contribution < 1.29 is 19.4 Å². The van der Waals surface area contributed by atoms with Gasteiger partial charge in [-0.25, -0.2) is 4.79 Å². The van der Waals surface area contributed by atoms with Gasteiger partial charge in [0.25, 0.3) is 5.91 Å². The Labute approximate surface area is 156 Å². The molecule has 1 amide bonds. The van der Waals surface area contributed by atoms with Gasteiger partial charge in [-0.3, -0.25) is 4.79 Å². The van der Waals surface area contributed by atoms with Crippen LogP contribution in [0.1, 0.15) is 31.8 Å². The van der Waals surface area contributed by atoms with Crippen LogP contribution in [0.25, 0.3) is 0 Å². The Morgan fingerprint density at radius 1 is 0.963 bits per heavy atom. The van der Waals surface area contributed by atoms with E-state index in [1.54, 1.807) is 17.0 Å². The molecule has 27 heavy (non-hydrogen) atoms. The van der Waals surface area contributed by atoms with Gasteiger partial charge in [0.05, 0.1) is 17.7 Å². The molecule has 0 saturated carbocycles. The SMILES string of the molecule is O=C(O)c1cccc2c1C(=O)N(c1ccc(OCc3ccccc3)cc1)C2. The summed E-state index contributed by atoms with van der Waals surface area (Å²) < 4.78 is 5.77. The first-order chi connectivity index (χ1) is 13.1. The van der Waals surface area contributed by atoms with Crippen molar-refractivity contribution in [1.29, 1.82) is 0 Å². The smallest absolute Gasteiger partial charge is 0.336 e. The molecule has 1 aliphatic rings. The largest absolute Gasteiger partial charge is 0.489 e. The summed E-state index contributed by atoms with van der Waals surface area (Å²) in [6.45, 7) is 0.829. The lowest BCUT2D eigenvalue weighted by Gasteiger charge is -2.16. The first-order valence-corrected chi connectivity index (χ1v) is 8.57. The summed E-state index contributed by atoms with van der Waals surface area (Å²) in [5.74, 6) is -0.675. The number of carbonyl (C=O) groups excluding carboxylic acids is 1. The van der Waals surface area contributed by atoms with E-state index in [0.717, 1.165) is 11.1 Å². The van der Waals surface area contributed by atoms with E-state index in [2.05, 4.69) is 0 Å². The molecule has 0 unspecified atom stereocenters. The Hall–Kier alpha value is -3.60. The molecule has 4 rings (SSSR count). The third-order valence-corrected chi connectivity index (χ3v) is 4.57. The fourth-order valence-corrected chi connectivity index (χ4v) is 3.21.